The summed E-state index contributed by atoms with van der Waals surface area (Å²) >= 11 is 0. The zero-order valence-electron chi connectivity index (χ0n) is 11.9. The van der Waals surface area contributed by atoms with Crippen molar-refractivity contribution in [2.75, 3.05) is 0 Å². The highest BCUT2D eigenvalue weighted by Crippen LogP contribution is 2.39. The van der Waals surface area contributed by atoms with Crippen LogP contribution in [0.2, 0.25) is 0 Å². The topological polar surface area (TPSA) is 43.6 Å². The summed E-state index contributed by atoms with van der Waals surface area (Å²) in [5.74, 6) is 0.630. The molecule has 1 aliphatic carbocycles. The van der Waals surface area contributed by atoms with Crippen LogP contribution in [-0.2, 0) is 0 Å². The van der Waals surface area contributed by atoms with Gasteiger partial charge in [0, 0.05) is 29.6 Å². The molecule has 0 amide bonds. The third-order valence-electron chi connectivity index (χ3n) is 3.86. The standard InChI is InChI=1S/C17H16N4/c1-12-3-6-14(17(9-12)21-8-2-7-20-21)16-10-15(13-4-5-13)18-11-19-16/h2-3,6-11,13H,4-5H2,1H3. The summed E-state index contributed by atoms with van der Waals surface area (Å²) in [4.78, 5) is 8.87. The maximum Gasteiger partial charge on any atom is 0.116 e. The second-order valence-corrected chi connectivity index (χ2v) is 5.57. The summed E-state index contributed by atoms with van der Waals surface area (Å²) in [7, 11) is 0. The Morgan fingerprint density at radius 2 is 2.05 bits per heavy atom. The lowest BCUT2D eigenvalue weighted by atomic mass is 10.1. The first kappa shape index (κ1) is 12.3. The number of hydrogen-bond donors (Lipinski definition) is 0. The molecular weight excluding hydrogens is 260 g/mol. The van der Waals surface area contributed by atoms with Crippen molar-refractivity contribution in [3.63, 3.8) is 0 Å². The molecule has 1 saturated carbocycles. The molecule has 3 aromatic rings. The van der Waals surface area contributed by atoms with Gasteiger partial charge in [-0.2, -0.15) is 5.10 Å². The Balaban J connectivity index is 1.86. The molecule has 104 valence electrons. The van der Waals surface area contributed by atoms with E-state index in [4.69, 9.17) is 0 Å². The molecule has 0 unspecified atom stereocenters. The van der Waals surface area contributed by atoms with Gasteiger partial charge in [0.1, 0.15) is 6.33 Å². The summed E-state index contributed by atoms with van der Waals surface area (Å²) in [6.45, 7) is 2.09. The molecule has 4 nitrogen and oxygen atoms in total. The number of hydrogen-bond acceptors (Lipinski definition) is 3. The predicted octanol–water partition coefficient (Wildman–Crippen LogP) is 3.52. The fourth-order valence-corrected chi connectivity index (χ4v) is 2.58. The Labute approximate surface area is 123 Å². The molecule has 0 saturated heterocycles. The van der Waals surface area contributed by atoms with E-state index in [9.17, 15) is 0 Å². The van der Waals surface area contributed by atoms with E-state index in [0.29, 0.717) is 5.92 Å². The van der Waals surface area contributed by atoms with E-state index in [1.54, 1.807) is 12.5 Å². The Bertz CT molecular complexity index is 773. The van der Waals surface area contributed by atoms with Crippen LogP contribution in [0.4, 0.5) is 0 Å². The van der Waals surface area contributed by atoms with Crippen LogP contribution >= 0.6 is 0 Å². The lowest BCUT2D eigenvalue weighted by Gasteiger charge is -2.11. The second-order valence-electron chi connectivity index (χ2n) is 5.57. The highest BCUT2D eigenvalue weighted by Gasteiger charge is 2.25. The van der Waals surface area contributed by atoms with Gasteiger partial charge in [-0.1, -0.05) is 12.1 Å². The summed E-state index contributed by atoms with van der Waals surface area (Å²) in [6, 6.07) is 10.4. The van der Waals surface area contributed by atoms with E-state index >= 15 is 0 Å². The number of aryl methyl sites for hydroxylation is 1. The highest BCUT2D eigenvalue weighted by molar-refractivity contribution is 5.70. The average molecular weight is 276 g/mol. The summed E-state index contributed by atoms with van der Waals surface area (Å²) in [5.41, 5.74) is 5.49. The van der Waals surface area contributed by atoms with E-state index in [2.05, 4.69) is 46.3 Å². The van der Waals surface area contributed by atoms with Crippen LogP contribution < -0.4 is 0 Å². The molecule has 2 heterocycles. The van der Waals surface area contributed by atoms with Crippen LogP contribution in [0.1, 0.15) is 30.0 Å². The fraction of sp³-hybridized carbons (Fsp3) is 0.235. The van der Waals surface area contributed by atoms with Crippen molar-refractivity contribution in [3.05, 3.63) is 60.3 Å². The van der Waals surface area contributed by atoms with E-state index in [1.807, 2.05) is 16.9 Å². The second kappa shape index (κ2) is 4.81. The zero-order chi connectivity index (χ0) is 14.2. The minimum absolute atomic E-state index is 0.630. The summed E-state index contributed by atoms with van der Waals surface area (Å²) in [6.07, 6.45) is 7.92. The minimum Gasteiger partial charge on any atom is -0.241 e. The fourth-order valence-electron chi connectivity index (χ4n) is 2.58. The van der Waals surface area contributed by atoms with Crippen LogP contribution in [0.15, 0.2) is 49.1 Å². The summed E-state index contributed by atoms with van der Waals surface area (Å²) in [5, 5.41) is 4.36. The molecule has 0 spiro atoms. The van der Waals surface area contributed by atoms with Crippen LogP contribution in [0, 0.1) is 6.92 Å². The normalized spacial score (nSPS) is 14.3. The quantitative estimate of drug-likeness (QED) is 0.735. The minimum atomic E-state index is 0.630. The Morgan fingerprint density at radius 1 is 1.14 bits per heavy atom. The van der Waals surface area contributed by atoms with Gasteiger partial charge in [0.15, 0.2) is 0 Å². The third-order valence-corrected chi connectivity index (χ3v) is 3.86. The van der Waals surface area contributed by atoms with Crippen molar-refractivity contribution >= 4 is 0 Å². The van der Waals surface area contributed by atoms with Crippen molar-refractivity contribution in [1.82, 2.24) is 19.7 Å². The average Bonchev–Trinajstić information content (AvgIpc) is 3.22. The van der Waals surface area contributed by atoms with Crippen molar-refractivity contribution < 1.29 is 0 Å². The van der Waals surface area contributed by atoms with Crippen LogP contribution in [0.5, 0.6) is 0 Å². The molecule has 4 rings (SSSR count). The van der Waals surface area contributed by atoms with Gasteiger partial charge in [-0.3, -0.25) is 0 Å². The van der Waals surface area contributed by atoms with Gasteiger partial charge in [0.2, 0.25) is 0 Å². The van der Waals surface area contributed by atoms with Crippen molar-refractivity contribution in [1.29, 1.82) is 0 Å². The Kier molecular flexibility index (Phi) is 2.81. The van der Waals surface area contributed by atoms with E-state index in [-0.39, 0.29) is 0 Å². The van der Waals surface area contributed by atoms with Crippen LogP contribution in [0.25, 0.3) is 16.9 Å². The smallest absolute Gasteiger partial charge is 0.116 e. The Hall–Kier alpha value is -2.49. The first-order valence-electron chi connectivity index (χ1n) is 7.24. The molecule has 1 aliphatic rings. The molecule has 1 fully saturated rings. The molecule has 0 radical (unpaired) electrons. The van der Waals surface area contributed by atoms with Crippen LogP contribution in [-0.4, -0.2) is 19.7 Å². The van der Waals surface area contributed by atoms with Gasteiger partial charge in [0.25, 0.3) is 0 Å². The first-order valence-corrected chi connectivity index (χ1v) is 7.24. The number of aromatic nitrogens is 4. The molecule has 0 atom stereocenters. The van der Waals surface area contributed by atoms with Crippen molar-refractivity contribution in [2.24, 2.45) is 0 Å². The van der Waals surface area contributed by atoms with Crippen LogP contribution in [0.3, 0.4) is 0 Å². The van der Waals surface area contributed by atoms with Crippen molar-refractivity contribution in [2.45, 2.75) is 25.7 Å². The molecule has 21 heavy (non-hydrogen) atoms. The first-order chi connectivity index (χ1) is 10.3. The van der Waals surface area contributed by atoms with E-state index < -0.39 is 0 Å². The predicted molar refractivity (Wildman–Crippen MR) is 81.3 cm³/mol. The highest BCUT2D eigenvalue weighted by atomic mass is 15.3. The van der Waals surface area contributed by atoms with Crippen molar-refractivity contribution in [3.8, 4) is 16.9 Å². The van der Waals surface area contributed by atoms with Gasteiger partial charge in [-0.25, -0.2) is 14.6 Å². The number of rotatable bonds is 3. The largest absolute Gasteiger partial charge is 0.241 e. The lowest BCUT2D eigenvalue weighted by Crippen LogP contribution is -2.00. The molecule has 1 aromatic carbocycles. The van der Waals surface area contributed by atoms with Gasteiger partial charge in [-0.15, -0.1) is 0 Å². The molecule has 0 bridgehead atoms. The maximum atomic E-state index is 4.47. The van der Waals surface area contributed by atoms with Gasteiger partial charge in [-0.05, 0) is 43.5 Å². The lowest BCUT2D eigenvalue weighted by molar-refractivity contribution is 0.879. The number of nitrogens with zero attached hydrogens (tertiary/aromatic N) is 4. The van der Waals surface area contributed by atoms with Gasteiger partial charge < -0.3 is 0 Å². The molecule has 2 aromatic heterocycles. The zero-order valence-corrected chi connectivity index (χ0v) is 11.9. The SMILES string of the molecule is Cc1ccc(-c2cc(C3CC3)ncn2)c(-n2cccn2)c1. The Morgan fingerprint density at radius 3 is 2.81 bits per heavy atom. The summed E-state index contributed by atoms with van der Waals surface area (Å²) < 4.78 is 1.89. The number of benzene rings is 1. The third kappa shape index (κ3) is 2.33. The maximum absolute atomic E-state index is 4.47. The molecule has 4 heteroatoms. The molecular formula is C17H16N4. The monoisotopic (exact) mass is 276 g/mol. The van der Waals surface area contributed by atoms with Gasteiger partial charge >= 0.3 is 0 Å². The molecule has 0 aliphatic heterocycles. The van der Waals surface area contributed by atoms with E-state index in [1.165, 1.54) is 18.4 Å². The van der Waals surface area contributed by atoms with Gasteiger partial charge in [0.05, 0.1) is 11.4 Å². The molecule has 0 N–H and O–H groups in total. The van der Waals surface area contributed by atoms with E-state index in [0.717, 1.165) is 22.6 Å².